The number of fused-ring (bicyclic) bond motifs is 2. The molecular weight excluding hydrogens is 340 g/mol. The number of rotatable bonds is 1. The standard InChI is InChI=1S/C23H21ClN2/c24-19-9-8-17-14-23(10-4-1-5-11-23)26-22(20(17)13-19)18-12-16-6-2-3-7-21(16)25-15-18/h2-3,6-9,12-13,15H,1,4-5,10-11,14H2. The van der Waals surface area contributed by atoms with E-state index in [-0.39, 0.29) is 5.54 Å². The molecule has 130 valence electrons. The van der Waals surface area contributed by atoms with Crippen LogP contribution in [0.1, 0.15) is 48.8 Å². The lowest BCUT2D eigenvalue weighted by atomic mass is 9.74. The first-order chi connectivity index (χ1) is 12.7. The Morgan fingerprint density at radius 1 is 0.923 bits per heavy atom. The number of benzene rings is 2. The molecule has 1 aromatic heterocycles. The highest BCUT2D eigenvalue weighted by atomic mass is 35.5. The molecule has 2 nitrogen and oxygen atoms in total. The number of para-hydroxylation sites is 1. The van der Waals surface area contributed by atoms with Gasteiger partial charge in [0, 0.05) is 27.7 Å². The van der Waals surface area contributed by atoms with Crippen LogP contribution in [-0.4, -0.2) is 16.2 Å². The van der Waals surface area contributed by atoms with Gasteiger partial charge in [0.1, 0.15) is 0 Å². The first-order valence-corrected chi connectivity index (χ1v) is 9.84. The second-order valence-electron chi connectivity index (χ2n) is 7.64. The van der Waals surface area contributed by atoms with Crippen molar-refractivity contribution in [3.8, 4) is 0 Å². The largest absolute Gasteiger partial charge is 0.277 e. The first-order valence-electron chi connectivity index (χ1n) is 9.46. The maximum Gasteiger partial charge on any atom is 0.0744 e. The maximum absolute atomic E-state index is 6.33. The molecule has 1 saturated carbocycles. The van der Waals surface area contributed by atoms with Crippen molar-refractivity contribution in [2.24, 2.45) is 4.99 Å². The van der Waals surface area contributed by atoms with Gasteiger partial charge in [0.05, 0.1) is 16.8 Å². The number of halogens is 1. The average Bonchev–Trinajstić information content (AvgIpc) is 2.68. The summed E-state index contributed by atoms with van der Waals surface area (Å²) >= 11 is 6.33. The van der Waals surface area contributed by atoms with Crippen LogP contribution in [0.15, 0.2) is 59.7 Å². The van der Waals surface area contributed by atoms with Crippen molar-refractivity contribution in [3.05, 3.63) is 76.4 Å². The van der Waals surface area contributed by atoms with Gasteiger partial charge in [-0.2, -0.15) is 0 Å². The fourth-order valence-corrected chi connectivity index (χ4v) is 4.71. The van der Waals surface area contributed by atoms with Gasteiger partial charge in [0.25, 0.3) is 0 Å². The summed E-state index contributed by atoms with van der Waals surface area (Å²) in [5.41, 5.74) is 5.78. The van der Waals surface area contributed by atoms with Crippen LogP contribution in [0, 0.1) is 0 Å². The second kappa shape index (κ2) is 6.21. The summed E-state index contributed by atoms with van der Waals surface area (Å²) in [4.78, 5) is 10.0. The minimum Gasteiger partial charge on any atom is -0.277 e. The van der Waals surface area contributed by atoms with E-state index in [4.69, 9.17) is 16.6 Å². The Balaban J connectivity index is 1.70. The SMILES string of the molecule is Clc1ccc2c(c1)C(c1cnc3ccccc3c1)=NC1(CCCCC1)C2. The highest BCUT2D eigenvalue weighted by Crippen LogP contribution is 2.40. The van der Waals surface area contributed by atoms with Gasteiger partial charge in [-0.1, -0.05) is 55.1 Å². The minimum absolute atomic E-state index is 0.0556. The molecule has 2 aromatic carbocycles. The van der Waals surface area contributed by atoms with Crippen molar-refractivity contribution in [3.63, 3.8) is 0 Å². The van der Waals surface area contributed by atoms with E-state index in [0.29, 0.717) is 0 Å². The van der Waals surface area contributed by atoms with Crippen molar-refractivity contribution in [1.29, 1.82) is 0 Å². The monoisotopic (exact) mass is 360 g/mol. The van der Waals surface area contributed by atoms with Crippen LogP contribution in [0.3, 0.4) is 0 Å². The van der Waals surface area contributed by atoms with Gasteiger partial charge in [-0.3, -0.25) is 9.98 Å². The molecule has 0 saturated heterocycles. The van der Waals surface area contributed by atoms with Gasteiger partial charge < -0.3 is 0 Å². The Bertz CT molecular complexity index is 1020. The molecule has 1 aliphatic carbocycles. The molecular formula is C23H21ClN2. The lowest BCUT2D eigenvalue weighted by Crippen LogP contribution is -2.37. The van der Waals surface area contributed by atoms with E-state index in [2.05, 4.69) is 41.4 Å². The summed E-state index contributed by atoms with van der Waals surface area (Å²) < 4.78 is 0. The predicted molar refractivity (Wildman–Crippen MR) is 108 cm³/mol. The third-order valence-electron chi connectivity index (χ3n) is 5.84. The fraction of sp³-hybridized carbons (Fsp3) is 0.304. The molecule has 1 spiro atoms. The van der Waals surface area contributed by atoms with Crippen LogP contribution in [0.25, 0.3) is 10.9 Å². The maximum atomic E-state index is 6.33. The van der Waals surface area contributed by atoms with E-state index in [1.165, 1.54) is 43.2 Å². The predicted octanol–water partition coefficient (Wildman–Crippen LogP) is 5.98. The third-order valence-corrected chi connectivity index (χ3v) is 6.08. The van der Waals surface area contributed by atoms with E-state index in [0.717, 1.165) is 33.6 Å². The summed E-state index contributed by atoms with van der Waals surface area (Å²) in [6.07, 6.45) is 9.24. The van der Waals surface area contributed by atoms with Crippen molar-refractivity contribution in [2.75, 3.05) is 0 Å². The zero-order valence-electron chi connectivity index (χ0n) is 14.7. The first kappa shape index (κ1) is 16.0. The average molecular weight is 361 g/mol. The van der Waals surface area contributed by atoms with Gasteiger partial charge >= 0.3 is 0 Å². The number of aliphatic imine (C=N–C) groups is 1. The van der Waals surface area contributed by atoms with Gasteiger partial charge in [-0.15, -0.1) is 0 Å². The second-order valence-corrected chi connectivity index (χ2v) is 8.08. The van der Waals surface area contributed by atoms with E-state index >= 15 is 0 Å². The summed E-state index contributed by atoms with van der Waals surface area (Å²) in [7, 11) is 0. The van der Waals surface area contributed by atoms with Crippen molar-refractivity contribution in [1.82, 2.24) is 4.98 Å². The molecule has 3 aromatic rings. The Kier molecular flexibility index (Phi) is 3.82. The van der Waals surface area contributed by atoms with Gasteiger partial charge in [-0.25, -0.2) is 0 Å². The quantitative estimate of drug-likeness (QED) is 0.523. The van der Waals surface area contributed by atoms with E-state index in [1.807, 2.05) is 18.3 Å². The molecule has 2 heterocycles. The molecule has 0 atom stereocenters. The molecule has 0 N–H and O–H groups in total. The van der Waals surface area contributed by atoms with E-state index in [1.54, 1.807) is 0 Å². The van der Waals surface area contributed by atoms with Crippen LogP contribution in [0.2, 0.25) is 5.02 Å². The summed E-state index contributed by atoms with van der Waals surface area (Å²) in [5, 5.41) is 1.92. The van der Waals surface area contributed by atoms with E-state index < -0.39 is 0 Å². The topological polar surface area (TPSA) is 25.2 Å². The summed E-state index contributed by atoms with van der Waals surface area (Å²) in [5.74, 6) is 0. The number of hydrogen-bond donors (Lipinski definition) is 0. The molecule has 2 aliphatic rings. The highest BCUT2D eigenvalue weighted by Gasteiger charge is 2.36. The molecule has 26 heavy (non-hydrogen) atoms. The Labute approximate surface area is 158 Å². The molecule has 0 unspecified atom stereocenters. The summed E-state index contributed by atoms with van der Waals surface area (Å²) in [6, 6.07) is 16.7. The van der Waals surface area contributed by atoms with Gasteiger partial charge in [0.2, 0.25) is 0 Å². The number of aromatic nitrogens is 1. The Hall–Kier alpha value is -2.19. The van der Waals surface area contributed by atoms with E-state index in [9.17, 15) is 0 Å². The minimum atomic E-state index is 0.0556. The number of nitrogens with zero attached hydrogens (tertiary/aromatic N) is 2. The smallest absolute Gasteiger partial charge is 0.0744 e. The van der Waals surface area contributed by atoms with Crippen LogP contribution >= 0.6 is 11.6 Å². The molecule has 0 radical (unpaired) electrons. The van der Waals surface area contributed by atoms with Crippen molar-refractivity contribution in [2.45, 2.75) is 44.1 Å². The Morgan fingerprint density at radius 3 is 2.65 bits per heavy atom. The summed E-state index contributed by atoms with van der Waals surface area (Å²) in [6.45, 7) is 0. The number of hydrogen-bond acceptors (Lipinski definition) is 2. The van der Waals surface area contributed by atoms with Crippen LogP contribution in [-0.2, 0) is 6.42 Å². The lowest BCUT2D eigenvalue weighted by molar-refractivity contribution is 0.294. The number of pyridine rings is 1. The molecule has 3 heteroatoms. The highest BCUT2D eigenvalue weighted by molar-refractivity contribution is 6.31. The van der Waals surface area contributed by atoms with Crippen LogP contribution in [0.4, 0.5) is 0 Å². The molecule has 5 rings (SSSR count). The normalized spacial score (nSPS) is 18.6. The Morgan fingerprint density at radius 2 is 1.77 bits per heavy atom. The molecule has 1 fully saturated rings. The van der Waals surface area contributed by atoms with Gasteiger partial charge in [0.15, 0.2) is 0 Å². The zero-order chi connectivity index (χ0) is 17.6. The van der Waals surface area contributed by atoms with Gasteiger partial charge in [-0.05, 0) is 49.1 Å². The van der Waals surface area contributed by atoms with Crippen LogP contribution in [0.5, 0.6) is 0 Å². The third kappa shape index (κ3) is 2.73. The lowest BCUT2D eigenvalue weighted by Gasteiger charge is -2.38. The van der Waals surface area contributed by atoms with Crippen molar-refractivity contribution >= 4 is 28.2 Å². The molecule has 0 bridgehead atoms. The van der Waals surface area contributed by atoms with Crippen molar-refractivity contribution < 1.29 is 0 Å². The zero-order valence-corrected chi connectivity index (χ0v) is 15.5. The van der Waals surface area contributed by atoms with Crippen LogP contribution < -0.4 is 0 Å². The molecule has 0 amide bonds. The molecule has 1 aliphatic heterocycles. The fourth-order valence-electron chi connectivity index (χ4n) is 4.53.